The van der Waals surface area contributed by atoms with Gasteiger partial charge in [-0.1, -0.05) is 0 Å². The van der Waals surface area contributed by atoms with E-state index in [9.17, 15) is 76.3 Å². The van der Waals surface area contributed by atoms with Crippen LogP contribution in [0.15, 0.2) is 39.5 Å². The number of aliphatic hydroxyl groups is 12. The van der Waals surface area contributed by atoms with Crippen molar-refractivity contribution in [3.8, 4) is 40.1 Å². The van der Waals surface area contributed by atoms with Gasteiger partial charge in [0.15, 0.2) is 17.3 Å². The van der Waals surface area contributed by atoms with Crippen molar-refractivity contribution in [3.05, 3.63) is 40.6 Å². The van der Waals surface area contributed by atoms with Crippen LogP contribution in [0.3, 0.4) is 0 Å². The number of hydrogen-bond acceptors (Lipinski definition) is 22. The second-order valence-corrected chi connectivity index (χ2v) is 13.0. The Labute approximate surface area is 307 Å². The van der Waals surface area contributed by atoms with Gasteiger partial charge in [-0.25, -0.2) is 0 Å². The van der Waals surface area contributed by atoms with Gasteiger partial charge in [-0.15, -0.1) is 0 Å². The van der Waals surface area contributed by atoms with Crippen LogP contribution in [0, 0.1) is 0 Å². The second kappa shape index (κ2) is 16.3. The molecule has 55 heavy (non-hydrogen) atoms. The summed E-state index contributed by atoms with van der Waals surface area (Å²) in [6.07, 6.45) is -28.0. The third-order valence-corrected chi connectivity index (χ3v) is 9.42. The summed E-state index contributed by atoms with van der Waals surface area (Å²) in [5, 5.41) is 144. The molecular weight excluding hydrogens is 748 g/mol. The number of hydrogen-bond donors (Lipinski definition) is 14. The van der Waals surface area contributed by atoms with E-state index in [1.165, 1.54) is 24.3 Å². The van der Waals surface area contributed by atoms with E-state index in [0.29, 0.717) is 0 Å². The van der Waals surface area contributed by atoms with Gasteiger partial charge in [0.25, 0.3) is 0 Å². The molecule has 6 rings (SSSR count). The Hall–Kier alpha value is -3.95. The van der Waals surface area contributed by atoms with Gasteiger partial charge < -0.3 is 104 Å². The van der Waals surface area contributed by atoms with Gasteiger partial charge in [0.05, 0.1) is 19.8 Å². The number of aliphatic hydroxyl groups excluding tert-OH is 12. The lowest BCUT2D eigenvalue weighted by atomic mass is 9.99. The minimum absolute atomic E-state index is 0.0222. The molecule has 0 saturated carbocycles. The van der Waals surface area contributed by atoms with Crippen LogP contribution in [0.1, 0.15) is 0 Å². The first-order valence-corrected chi connectivity index (χ1v) is 16.7. The number of phenolic OH excluding ortho intramolecular Hbond substituents is 2. The van der Waals surface area contributed by atoms with Gasteiger partial charge in [0.1, 0.15) is 90.0 Å². The van der Waals surface area contributed by atoms with Crippen molar-refractivity contribution in [1.82, 2.24) is 0 Å². The maximum Gasteiger partial charge on any atom is 0.239 e. The zero-order chi connectivity index (χ0) is 40.0. The smallest absolute Gasteiger partial charge is 0.239 e. The number of rotatable bonds is 10. The summed E-state index contributed by atoms with van der Waals surface area (Å²) in [5.41, 5.74) is -1.78. The van der Waals surface area contributed by atoms with Crippen LogP contribution in [0.2, 0.25) is 0 Å². The molecule has 2 aromatic carbocycles. The van der Waals surface area contributed by atoms with Crippen LogP contribution in [0.25, 0.3) is 22.3 Å². The second-order valence-electron chi connectivity index (χ2n) is 13.0. The van der Waals surface area contributed by atoms with Crippen LogP contribution in [0.4, 0.5) is 0 Å². The fourth-order valence-corrected chi connectivity index (χ4v) is 6.24. The molecule has 3 aromatic rings. The zero-order valence-electron chi connectivity index (χ0n) is 28.2. The molecule has 22 nitrogen and oxygen atoms in total. The first-order chi connectivity index (χ1) is 26.1. The molecule has 0 bridgehead atoms. The van der Waals surface area contributed by atoms with Gasteiger partial charge in [0, 0.05) is 11.6 Å². The molecule has 0 unspecified atom stereocenters. The highest BCUT2D eigenvalue weighted by Gasteiger charge is 2.48. The topological polar surface area (TPSA) is 369 Å². The maximum absolute atomic E-state index is 14.4. The van der Waals surface area contributed by atoms with Crippen LogP contribution < -0.4 is 19.6 Å². The predicted octanol–water partition coefficient (Wildman–Crippen LogP) is -5.59. The molecule has 3 saturated heterocycles. The fourth-order valence-electron chi connectivity index (χ4n) is 6.24. The van der Waals surface area contributed by atoms with Crippen molar-refractivity contribution >= 4 is 11.0 Å². The number of fused-ring (bicyclic) bond motifs is 1. The van der Waals surface area contributed by atoms with E-state index in [4.69, 9.17) is 32.8 Å². The van der Waals surface area contributed by atoms with E-state index < -0.39 is 157 Å². The molecule has 0 radical (unpaired) electrons. The summed E-state index contributed by atoms with van der Waals surface area (Å²) in [4.78, 5) is 14.4. The molecule has 0 amide bonds. The summed E-state index contributed by atoms with van der Waals surface area (Å²) >= 11 is 0. The van der Waals surface area contributed by atoms with E-state index in [-0.39, 0.29) is 11.3 Å². The van der Waals surface area contributed by atoms with Crippen LogP contribution in [-0.4, -0.2) is 183 Å². The lowest BCUT2D eigenvalue weighted by Gasteiger charge is -2.41. The molecule has 304 valence electrons. The van der Waals surface area contributed by atoms with Crippen LogP contribution in [-0.2, 0) is 14.2 Å². The summed E-state index contributed by atoms with van der Waals surface area (Å²) in [6.45, 7) is -2.63. The lowest BCUT2D eigenvalue weighted by molar-refractivity contribution is -0.282. The summed E-state index contributed by atoms with van der Waals surface area (Å²) in [7, 11) is 0. The Balaban J connectivity index is 1.53. The molecule has 15 atom stereocenters. The quantitative estimate of drug-likeness (QED) is 0.0910. The van der Waals surface area contributed by atoms with Gasteiger partial charge in [-0.3, -0.25) is 4.79 Å². The molecule has 14 N–H and O–H groups in total. The minimum atomic E-state index is -2.09. The Kier molecular flexibility index (Phi) is 12.0. The molecule has 4 heterocycles. The van der Waals surface area contributed by atoms with Crippen LogP contribution in [0.5, 0.6) is 28.7 Å². The minimum Gasteiger partial charge on any atom is -0.508 e. The molecule has 3 aliphatic rings. The molecule has 3 fully saturated rings. The zero-order valence-corrected chi connectivity index (χ0v) is 28.2. The number of ether oxygens (including phenoxy) is 6. The van der Waals surface area contributed by atoms with E-state index in [2.05, 4.69) is 0 Å². The Morgan fingerprint density at radius 3 is 1.40 bits per heavy atom. The van der Waals surface area contributed by atoms with Crippen molar-refractivity contribution in [2.75, 3.05) is 19.8 Å². The Morgan fingerprint density at radius 1 is 0.545 bits per heavy atom. The molecule has 3 aliphatic heterocycles. The van der Waals surface area contributed by atoms with Crippen LogP contribution >= 0.6 is 0 Å². The third kappa shape index (κ3) is 7.51. The third-order valence-electron chi connectivity index (χ3n) is 9.42. The first kappa shape index (κ1) is 40.7. The average molecular weight is 789 g/mol. The highest BCUT2D eigenvalue weighted by Crippen LogP contribution is 2.47. The molecule has 1 aromatic heterocycles. The maximum atomic E-state index is 14.4. The molecule has 22 heteroatoms. The van der Waals surface area contributed by atoms with E-state index in [1.807, 2.05) is 0 Å². The molecule has 0 aliphatic carbocycles. The highest BCUT2D eigenvalue weighted by molar-refractivity contribution is 5.91. The van der Waals surface area contributed by atoms with Crippen molar-refractivity contribution < 1.29 is 104 Å². The monoisotopic (exact) mass is 788 g/mol. The van der Waals surface area contributed by atoms with Crippen molar-refractivity contribution in [3.63, 3.8) is 0 Å². The van der Waals surface area contributed by atoms with Crippen molar-refractivity contribution in [1.29, 1.82) is 0 Å². The Bertz CT molecular complexity index is 1850. The van der Waals surface area contributed by atoms with Gasteiger partial charge in [-0.2, -0.15) is 0 Å². The van der Waals surface area contributed by atoms with E-state index >= 15 is 0 Å². The normalized spacial score (nSPS) is 36.8. The van der Waals surface area contributed by atoms with Crippen molar-refractivity contribution in [2.24, 2.45) is 0 Å². The Morgan fingerprint density at radius 2 is 0.964 bits per heavy atom. The number of phenols is 2. The highest BCUT2D eigenvalue weighted by atomic mass is 16.7. The van der Waals surface area contributed by atoms with E-state index in [0.717, 1.165) is 6.07 Å². The SMILES string of the molecule is O=c1c(O[C@H]2O[C@@H](CO)[C@H](O)[C@@H](O)[C@@H]2O)c(-c2ccc(O)cc2)oc2cc(O[C@@H]3O[C@H](CO)[C@@H](O)[C@H](O)[C@H]3O)c(O[C@H]3O[C@@H](CO)[C@H](O)[C@@H](O)[C@@H]3O)c(O)c12. The largest absolute Gasteiger partial charge is 0.508 e. The lowest BCUT2D eigenvalue weighted by Crippen LogP contribution is -2.60. The summed E-state index contributed by atoms with van der Waals surface area (Å²) in [6, 6.07) is 5.81. The van der Waals surface area contributed by atoms with Crippen molar-refractivity contribution in [2.45, 2.75) is 92.1 Å². The fraction of sp³-hybridized carbons (Fsp3) is 0.545. The molecule has 0 spiro atoms. The standard InChI is InChI=1S/C33H40O22/c34-6-13-17(38)22(43)25(46)31(51-13)50-12-5-11-16(20(41)29(12)54-32-26(47)23(44)18(39)14(7-35)52-32)21(42)30(28(49-11)9-1-3-10(37)4-2-9)55-33-27(48)24(45)19(40)15(8-36)53-33/h1-5,13-15,17-19,22-27,31-41,43-48H,6-8H2/t13-,14+,15+,17-,18+,19+,22+,23-,24-,25-,26+,27+,31-,32-,33-/m1/s1. The summed E-state index contributed by atoms with van der Waals surface area (Å²) in [5.74, 6) is -4.30. The average Bonchev–Trinajstić information content (AvgIpc) is 3.17. The predicted molar refractivity (Wildman–Crippen MR) is 174 cm³/mol. The van der Waals surface area contributed by atoms with Gasteiger partial charge >= 0.3 is 0 Å². The van der Waals surface area contributed by atoms with Gasteiger partial charge in [-0.05, 0) is 24.3 Å². The number of benzene rings is 2. The van der Waals surface area contributed by atoms with Gasteiger partial charge in [0.2, 0.25) is 35.8 Å². The van der Waals surface area contributed by atoms with E-state index in [1.54, 1.807) is 0 Å². The number of aromatic hydroxyl groups is 2. The summed E-state index contributed by atoms with van der Waals surface area (Å²) < 4.78 is 39.3. The molecular formula is C33H40O22. The first-order valence-electron chi connectivity index (χ1n) is 16.7.